The van der Waals surface area contributed by atoms with E-state index in [1.165, 1.54) is 6.92 Å². The molecule has 0 aromatic heterocycles. The summed E-state index contributed by atoms with van der Waals surface area (Å²) in [6.07, 6.45) is 2.58. The molecule has 0 bridgehead atoms. The third-order valence-corrected chi connectivity index (χ3v) is 2.79. The number of esters is 2. The minimum atomic E-state index is -1.73. The summed E-state index contributed by atoms with van der Waals surface area (Å²) >= 11 is 0. The van der Waals surface area contributed by atoms with Crippen molar-refractivity contribution in [2.24, 2.45) is 0 Å². The van der Waals surface area contributed by atoms with Crippen LogP contribution in [-0.2, 0) is 23.9 Å². The Morgan fingerprint density at radius 1 is 0.950 bits per heavy atom. The van der Waals surface area contributed by atoms with Gasteiger partial charge in [0.25, 0.3) is 0 Å². The summed E-state index contributed by atoms with van der Waals surface area (Å²) in [4.78, 5) is 35.7. The van der Waals surface area contributed by atoms with Gasteiger partial charge in [-0.3, -0.25) is 4.79 Å². The zero-order valence-corrected chi connectivity index (χ0v) is 12.8. The lowest BCUT2D eigenvalue weighted by Crippen LogP contribution is -2.61. The van der Waals surface area contributed by atoms with E-state index in [1.807, 2.05) is 6.92 Å². The van der Waals surface area contributed by atoms with Crippen LogP contribution in [-0.4, -0.2) is 36.6 Å². The number of hydrogen-bond donors (Lipinski definition) is 1. The third kappa shape index (κ3) is 5.19. The van der Waals surface area contributed by atoms with Crippen molar-refractivity contribution in [1.82, 2.24) is 5.32 Å². The monoisotopic (exact) mass is 287 g/mol. The molecule has 6 heteroatoms. The predicted molar refractivity (Wildman–Crippen MR) is 74.0 cm³/mol. The van der Waals surface area contributed by atoms with Crippen LogP contribution in [0.25, 0.3) is 0 Å². The summed E-state index contributed by atoms with van der Waals surface area (Å²) in [5, 5.41) is 2.43. The van der Waals surface area contributed by atoms with E-state index in [-0.39, 0.29) is 19.6 Å². The predicted octanol–water partition coefficient (Wildman–Crippen LogP) is 1.57. The van der Waals surface area contributed by atoms with Crippen molar-refractivity contribution in [2.45, 2.75) is 58.9 Å². The molecule has 1 amide bonds. The van der Waals surface area contributed by atoms with E-state index in [4.69, 9.17) is 9.47 Å². The smallest absolute Gasteiger partial charge is 0.343 e. The molecule has 0 saturated carbocycles. The van der Waals surface area contributed by atoms with Crippen LogP contribution in [0.4, 0.5) is 0 Å². The van der Waals surface area contributed by atoms with Gasteiger partial charge in [-0.1, -0.05) is 19.8 Å². The van der Waals surface area contributed by atoms with Gasteiger partial charge in [0.05, 0.1) is 13.2 Å². The van der Waals surface area contributed by atoms with E-state index in [9.17, 15) is 14.4 Å². The molecular formula is C14H25NO5. The topological polar surface area (TPSA) is 81.7 Å². The Balaban J connectivity index is 5.31. The first-order valence-corrected chi connectivity index (χ1v) is 7.07. The maximum absolute atomic E-state index is 12.2. The van der Waals surface area contributed by atoms with E-state index >= 15 is 0 Å². The van der Waals surface area contributed by atoms with E-state index in [0.29, 0.717) is 6.42 Å². The van der Waals surface area contributed by atoms with Crippen LogP contribution in [0.1, 0.15) is 53.4 Å². The molecular weight excluding hydrogens is 262 g/mol. The molecule has 20 heavy (non-hydrogen) atoms. The van der Waals surface area contributed by atoms with Crippen molar-refractivity contribution in [2.75, 3.05) is 13.2 Å². The zero-order valence-electron chi connectivity index (χ0n) is 12.8. The van der Waals surface area contributed by atoms with Crippen molar-refractivity contribution in [1.29, 1.82) is 0 Å². The number of amides is 1. The van der Waals surface area contributed by atoms with Crippen LogP contribution >= 0.6 is 0 Å². The standard InChI is InChI=1S/C14H25NO5/c1-5-8-9-10-14(15-11(4)16,12(17)19-6-2)13(18)20-7-3/h5-10H2,1-4H3,(H,15,16). The summed E-state index contributed by atoms with van der Waals surface area (Å²) in [5.74, 6) is -1.99. The molecule has 0 aliphatic heterocycles. The molecule has 6 nitrogen and oxygen atoms in total. The van der Waals surface area contributed by atoms with Gasteiger partial charge in [0, 0.05) is 6.92 Å². The number of ether oxygens (including phenoxy) is 2. The first-order chi connectivity index (χ1) is 9.44. The van der Waals surface area contributed by atoms with Crippen molar-refractivity contribution in [3.05, 3.63) is 0 Å². The van der Waals surface area contributed by atoms with E-state index in [1.54, 1.807) is 13.8 Å². The number of unbranched alkanes of at least 4 members (excludes halogenated alkanes) is 2. The van der Waals surface area contributed by atoms with E-state index < -0.39 is 23.4 Å². The molecule has 116 valence electrons. The number of nitrogens with one attached hydrogen (secondary N) is 1. The van der Waals surface area contributed by atoms with Crippen molar-refractivity contribution in [3.63, 3.8) is 0 Å². The number of rotatable bonds is 9. The summed E-state index contributed by atoms with van der Waals surface area (Å²) in [6.45, 7) is 6.82. The van der Waals surface area contributed by atoms with E-state index in [2.05, 4.69) is 5.32 Å². The molecule has 0 heterocycles. The van der Waals surface area contributed by atoms with Crippen LogP contribution in [0.3, 0.4) is 0 Å². The molecule has 0 aromatic rings. The van der Waals surface area contributed by atoms with Gasteiger partial charge in [-0.05, 0) is 26.7 Å². The van der Waals surface area contributed by atoms with Gasteiger partial charge < -0.3 is 14.8 Å². The van der Waals surface area contributed by atoms with Crippen LogP contribution in [0, 0.1) is 0 Å². The Morgan fingerprint density at radius 3 is 1.80 bits per heavy atom. The van der Waals surface area contributed by atoms with Crippen LogP contribution in [0.15, 0.2) is 0 Å². The maximum Gasteiger partial charge on any atom is 0.343 e. The summed E-state index contributed by atoms with van der Waals surface area (Å²) in [6, 6.07) is 0. The SMILES string of the molecule is CCCCCC(NC(C)=O)(C(=O)OCC)C(=O)OCC. The number of hydrogen-bond acceptors (Lipinski definition) is 5. The quantitative estimate of drug-likeness (QED) is 0.395. The van der Waals surface area contributed by atoms with Gasteiger partial charge >= 0.3 is 11.9 Å². The highest BCUT2D eigenvalue weighted by Gasteiger charge is 2.49. The molecule has 0 aliphatic carbocycles. The molecule has 0 atom stereocenters. The second kappa shape index (κ2) is 9.34. The average molecular weight is 287 g/mol. The van der Waals surface area contributed by atoms with Crippen LogP contribution in [0.5, 0.6) is 0 Å². The molecule has 0 aromatic carbocycles. The largest absolute Gasteiger partial charge is 0.464 e. The molecule has 0 saturated heterocycles. The normalized spacial score (nSPS) is 10.8. The van der Waals surface area contributed by atoms with Gasteiger partial charge in [0.1, 0.15) is 0 Å². The summed E-state index contributed by atoms with van der Waals surface area (Å²) in [7, 11) is 0. The molecule has 0 spiro atoms. The van der Waals surface area contributed by atoms with Crippen molar-refractivity contribution < 1.29 is 23.9 Å². The minimum Gasteiger partial charge on any atom is -0.464 e. The Labute approximate surface area is 120 Å². The van der Waals surface area contributed by atoms with Gasteiger partial charge in [-0.25, -0.2) is 9.59 Å². The van der Waals surface area contributed by atoms with Crippen LogP contribution in [0.2, 0.25) is 0 Å². The lowest BCUT2D eigenvalue weighted by molar-refractivity contribution is -0.168. The van der Waals surface area contributed by atoms with Gasteiger partial charge in [0.2, 0.25) is 11.4 Å². The highest BCUT2D eigenvalue weighted by atomic mass is 16.6. The number of carbonyl (C=O) groups excluding carboxylic acids is 3. The Bertz CT molecular complexity index is 322. The fourth-order valence-corrected chi connectivity index (χ4v) is 1.90. The van der Waals surface area contributed by atoms with Crippen LogP contribution < -0.4 is 5.32 Å². The molecule has 0 unspecified atom stereocenters. The molecule has 0 radical (unpaired) electrons. The molecule has 1 N–H and O–H groups in total. The van der Waals surface area contributed by atoms with Gasteiger partial charge in [0.15, 0.2) is 0 Å². The molecule has 0 aliphatic rings. The third-order valence-electron chi connectivity index (χ3n) is 2.79. The minimum absolute atomic E-state index is 0.132. The summed E-state index contributed by atoms with van der Waals surface area (Å²) in [5.41, 5.74) is -1.73. The second-order valence-electron chi connectivity index (χ2n) is 4.48. The van der Waals surface area contributed by atoms with Gasteiger partial charge in [-0.2, -0.15) is 0 Å². The highest BCUT2D eigenvalue weighted by molar-refractivity contribution is 6.07. The Hall–Kier alpha value is -1.59. The lowest BCUT2D eigenvalue weighted by atomic mass is 9.91. The number of carbonyl (C=O) groups is 3. The Kier molecular flexibility index (Phi) is 8.59. The molecule has 0 fully saturated rings. The zero-order chi connectivity index (χ0) is 15.6. The van der Waals surface area contributed by atoms with Gasteiger partial charge in [-0.15, -0.1) is 0 Å². The average Bonchev–Trinajstić information content (AvgIpc) is 2.37. The molecule has 0 rings (SSSR count). The fraction of sp³-hybridized carbons (Fsp3) is 0.786. The maximum atomic E-state index is 12.2. The second-order valence-corrected chi connectivity index (χ2v) is 4.48. The van der Waals surface area contributed by atoms with E-state index in [0.717, 1.165) is 12.8 Å². The lowest BCUT2D eigenvalue weighted by Gasteiger charge is -2.29. The Morgan fingerprint density at radius 2 is 1.45 bits per heavy atom. The highest BCUT2D eigenvalue weighted by Crippen LogP contribution is 2.20. The summed E-state index contributed by atoms with van der Waals surface area (Å²) < 4.78 is 9.90. The first-order valence-electron chi connectivity index (χ1n) is 7.07. The fourth-order valence-electron chi connectivity index (χ4n) is 1.90. The first kappa shape index (κ1) is 18.4. The van der Waals surface area contributed by atoms with Crippen molar-refractivity contribution >= 4 is 17.8 Å². The van der Waals surface area contributed by atoms with Crippen molar-refractivity contribution in [3.8, 4) is 0 Å².